The second kappa shape index (κ2) is 4.56. The Bertz CT molecular complexity index is 660. The molecule has 20 heavy (non-hydrogen) atoms. The van der Waals surface area contributed by atoms with Gasteiger partial charge in [-0.25, -0.2) is 0 Å². The van der Waals surface area contributed by atoms with Crippen molar-refractivity contribution in [1.29, 1.82) is 0 Å². The zero-order valence-electron chi connectivity index (χ0n) is 11.8. The van der Waals surface area contributed by atoms with Gasteiger partial charge in [0.2, 0.25) is 0 Å². The summed E-state index contributed by atoms with van der Waals surface area (Å²) in [5.41, 5.74) is 7.46. The Kier molecular flexibility index (Phi) is 2.98. The summed E-state index contributed by atoms with van der Waals surface area (Å²) >= 11 is 0. The number of hydrogen-bond acceptors (Lipinski definition) is 3. The van der Waals surface area contributed by atoms with Gasteiger partial charge in [-0.2, -0.15) is 0 Å². The van der Waals surface area contributed by atoms with Crippen molar-refractivity contribution in [3.63, 3.8) is 0 Å². The Morgan fingerprint density at radius 2 is 2.15 bits per heavy atom. The van der Waals surface area contributed by atoms with E-state index in [2.05, 4.69) is 24.1 Å². The van der Waals surface area contributed by atoms with Crippen LogP contribution in [0, 0.1) is 5.41 Å². The van der Waals surface area contributed by atoms with Gasteiger partial charge in [-0.1, -0.05) is 26.0 Å². The topological polar surface area (TPSA) is 68.0 Å². The molecule has 1 heterocycles. The predicted molar refractivity (Wildman–Crippen MR) is 79.4 cm³/mol. The monoisotopic (exact) mass is 269 g/mol. The number of carbonyl (C=O) groups excluding carboxylic acids is 1. The van der Waals surface area contributed by atoms with Gasteiger partial charge in [0.05, 0.1) is 5.52 Å². The third kappa shape index (κ3) is 1.96. The quantitative estimate of drug-likeness (QED) is 0.877. The summed E-state index contributed by atoms with van der Waals surface area (Å²) < 4.78 is 0. The molecule has 3 rings (SSSR count). The van der Waals surface area contributed by atoms with Gasteiger partial charge in [-0.15, -0.1) is 0 Å². The predicted octanol–water partition coefficient (Wildman–Crippen LogP) is 2.09. The van der Waals surface area contributed by atoms with Gasteiger partial charge in [-0.05, 0) is 24.6 Å². The zero-order valence-corrected chi connectivity index (χ0v) is 11.8. The molecule has 4 heteroatoms. The minimum absolute atomic E-state index is 0.0432. The fourth-order valence-corrected chi connectivity index (χ4v) is 2.74. The van der Waals surface area contributed by atoms with E-state index in [-0.39, 0.29) is 23.4 Å². The maximum Gasteiger partial charge on any atom is 0.252 e. The number of pyridine rings is 1. The Hall–Kier alpha value is -1.94. The van der Waals surface area contributed by atoms with Gasteiger partial charge in [-0.3, -0.25) is 9.78 Å². The zero-order chi connectivity index (χ0) is 14.3. The summed E-state index contributed by atoms with van der Waals surface area (Å²) in [6, 6.07) is 9.68. The molecule has 104 valence electrons. The van der Waals surface area contributed by atoms with Crippen molar-refractivity contribution in [2.45, 2.75) is 32.4 Å². The van der Waals surface area contributed by atoms with Crippen molar-refractivity contribution in [1.82, 2.24) is 10.3 Å². The minimum atomic E-state index is -0.0476. The molecule has 2 unspecified atom stereocenters. The Balaban J connectivity index is 1.87. The van der Waals surface area contributed by atoms with E-state index in [9.17, 15) is 4.79 Å². The highest BCUT2D eigenvalue weighted by Crippen LogP contribution is 2.39. The highest BCUT2D eigenvalue weighted by Gasteiger charge is 2.46. The smallest absolute Gasteiger partial charge is 0.252 e. The lowest BCUT2D eigenvalue weighted by molar-refractivity contribution is 0.0588. The molecular formula is C16H19N3O. The molecule has 2 aromatic rings. The number of aromatic nitrogens is 1. The first-order chi connectivity index (χ1) is 9.50. The molecule has 1 fully saturated rings. The molecule has 0 bridgehead atoms. The molecule has 1 saturated carbocycles. The van der Waals surface area contributed by atoms with Crippen molar-refractivity contribution in [2.75, 3.05) is 0 Å². The van der Waals surface area contributed by atoms with Crippen LogP contribution in [0.5, 0.6) is 0 Å². The van der Waals surface area contributed by atoms with Crippen molar-refractivity contribution in [2.24, 2.45) is 11.1 Å². The van der Waals surface area contributed by atoms with Gasteiger partial charge in [0.1, 0.15) is 0 Å². The van der Waals surface area contributed by atoms with E-state index in [0.29, 0.717) is 5.56 Å². The van der Waals surface area contributed by atoms with E-state index in [0.717, 1.165) is 17.3 Å². The Labute approximate surface area is 118 Å². The Morgan fingerprint density at radius 3 is 2.85 bits per heavy atom. The van der Waals surface area contributed by atoms with Crippen LogP contribution in [0.25, 0.3) is 10.9 Å². The molecule has 1 amide bonds. The van der Waals surface area contributed by atoms with E-state index in [1.807, 2.05) is 30.3 Å². The maximum atomic E-state index is 12.5. The van der Waals surface area contributed by atoms with Gasteiger partial charge in [0.15, 0.2) is 0 Å². The average Bonchev–Trinajstić information content (AvgIpc) is 2.46. The summed E-state index contributed by atoms with van der Waals surface area (Å²) in [4.78, 5) is 16.8. The van der Waals surface area contributed by atoms with Crippen LogP contribution in [0.2, 0.25) is 0 Å². The van der Waals surface area contributed by atoms with Crippen LogP contribution >= 0.6 is 0 Å². The van der Waals surface area contributed by atoms with Gasteiger partial charge in [0.25, 0.3) is 5.91 Å². The number of nitrogens with zero attached hydrogens (tertiary/aromatic N) is 1. The molecule has 0 saturated heterocycles. The van der Waals surface area contributed by atoms with Crippen molar-refractivity contribution in [3.8, 4) is 0 Å². The van der Waals surface area contributed by atoms with Crippen LogP contribution in [0.1, 0.15) is 30.6 Å². The van der Waals surface area contributed by atoms with Crippen LogP contribution in [-0.2, 0) is 0 Å². The van der Waals surface area contributed by atoms with Crippen LogP contribution in [-0.4, -0.2) is 23.0 Å². The van der Waals surface area contributed by atoms with E-state index < -0.39 is 0 Å². The highest BCUT2D eigenvalue weighted by atomic mass is 16.1. The Morgan fingerprint density at radius 1 is 1.35 bits per heavy atom. The number of benzene rings is 1. The highest BCUT2D eigenvalue weighted by molar-refractivity contribution is 6.06. The van der Waals surface area contributed by atoms with Crippen molar-refractivity contribution < 1.29 is 4.79 Å². The second-order valence-electron chi connectivity index (χ2n) is 6.07. The molecular weight excluding hydrogens is 250 g/mol. The molecule has 2 atom stereocenters. The number of hydrogen-bond donors (Lipinski definition) is 2. The molecule has 1 aliphatic carbocycles. The van der Waals surface area contributed by atoms with Crippen molar-refractivity contribution >= 4 is 16.8 Å². The third-order valence-corrected chi connectivity index (χ3v) is 4.54. The molecule has 1 aromatic heterocycles. The number of rotatable bonds is 2. The number of fused-ring (bicyclic) bond motifs is 1. The molecule has 4 nitrogen and oxygen atoms in total. The molecule has 0 aliphatic heterocycles. The minimum Gasteiger partial charge on any atom is -0.349 e. The fourth-order valence-electron chi connectivity index (χ4n) is 2.74. The lowest BCUT2D eigenvalue weighted by Crippen LogP contribution is -2.64. The van der Waals surface area contributed by atoms with Gasteiger partial charge >= 0.3 is 0 Å². The van der Waals surface area contributed by atoms with Gasteiger partial charge in [0, 0.05) is 34.6 Å². The first-order valence-electron chi connectivity index (χ1n) is 6.90. The van der Waals surface area contributed by atoms with Crippen molar-refractivity contribution in [3.05, 3.63) is 42.1 Å². The second-order valence-corrected chi connectivity index (χ2v) is 6.07. The lowest BCUT2D eigenvalue weighted by Gasteiger charge is -2.50. The first kappa shape index (κ1) is 13.1. The summed E-state index contributed by atoms with van der Waals surface area (Å²) in [6.07, 6.45) is 2.57. The largest absolute Gasteiger partial charge is 0.349 e. The normalized spacial score (nSPS) is 24.1. The number of carbonyl (C=O) groups is 1. The molecule has 1 aliphatic rings. The van der Waals surface area contributed by atoms with Gasteiger partial charge < -0.3 is 11.1 Å². The van der Waals surface area contributed by atoms with Crippen LogP contribution in [0.3, 0.4) is 0 Å². The van der Waals surface area contributed by atoms with E-state index in [4.69, 9.17) is 5.73 Å². The van der Waals surface area contributed by atoms with Crippen LogP contribution < -0.4 is 11.1 Å². The lowest BCUT2D eigenvalue weighted by atomic mass is 9.63. The summed E-state index contributed by atoms with van der Waals surface area (Å²) in [5, 5.41) is 3.98. The fraction of sp³-hybridized carbons (Fsp3) is 0.375. The molecule has 0 radical (unpaired) electrons. The number of nitrogens with two attached hydrogens (primary N) is 1. The molecule has 0 spiro atoms. The van der Waals surface area contributed by atoms with E-state index in [1.165, 1.54) is 0 Å². The van der Waals surface area contributed by atoms with Crippen LogP contribution in [0.4, 0.5) is 0 Å². The maximum absolute atomic E-state index is 12.5. The standard InChI is InChI=1S/C16H19N3O/c1-16(2)13(17)9-14(16)19-15(20)11-5-3-7-12-10(11)6-4-8-18-12/h3-8,13-14H,9,17H2,1-2H3,(H,19,20). The van der Waals surface area contributed by atoms with Crippen LogP contribution in [0.15, 0.2) is 36.5 Å². The average molecular weight is 269 g/mol. The number of amides is 1. The summed E-state index contributed by atoms with van der Waals surface area (Å²) in [6.45, 7) is 4.19. The first-order valence-corrected chi connectivity index (χ1v) is 6.90. The van der Waals surface area contributed by atoms with E-state index in [1.54, 1.807) is 6.20 Å². The molecule has 3 N–H and O–H groups in total. The van der Waals surface area contributed by atoms with E-state index >= 15 is 0 Å². The summed E-state index contributed by atoms with van der Waals surface area (Å²) in [7, 11) is 0. The third-order valence-electron chi connectivity index (χ3n) is 4.54. The SMILES string of the molecule is CC1(C)C(N)CC1NC(=O)c1cccc2ncccc12. The summed E-state index contributed by atoms with van der Waals surface area (Å²) in [5.74, 6) is -0.0476. The number of nitrogens with one attached hydrogen (secondary N) is 1. The molecule has 1 aromatic carbocycles.